The van der Waals surface area contributed by atoms with Gasteiger partial charge in [-0.25, -0.2) is 4.79 Å². The number of aliphatic carboxylic acids is 2. The lowest BCUT2D eigenvalue weighted by Crippen LogP contribution is -2.42. The normalized spacial score (nSPS) is 11.8. The Balaban J connectivity index is 4.03. The maximum atomic E-state index is 11.2. The van der Waals surface area contributed by atoms with E-state index in [9.17, 15) is 14.4 Å². The van der Waals surface area contributed by atoms with Crippen LogP contribution in [0, 0.1) is 0 Å². The summed E-state index contributed by atoms with van der Waals surface area (Å²) in [7, 11) is 1.49. The van der Waals surface area contributed by atoms with E-state index in [0.717, 1.165) is 0 Å². The van der Waals surface area contributed by atoms with E-state index >= 15 is 0 Å². The first kappa shape index (κ1) is 14.4. The molecule has 0 aromatic carbocycles. The molecule has 0 aromatic rings. The van der Waals surface area contributed by atoms with Crippen LogP contribution in [-0.4, -0.2) is 47.8 Å². The van der Waals surface area contributed by atoms with E-state index < -0.39 is 30.3 Å². The lowest BCUT2D eigenvalue weighted by Gasteiger charge is -2.11. The van der Waals surface area contributed by atoms with Crippen LogP contribution in [0.2, 0.25) is 0 Å². The molecule has 7 nitrogen and oxygen atoms in total. The number of carbonyl (C=O) groups is 3. The zero-order valence-electron chi connectivity index (χ0n) is 8.93. The van der Waals surface area contributed by atoms with E-state index in [1.54, 1.807) is 0 Å². The zero-order chi connectivity index (χ0) is 12.6. The van der Waals surface area contributed by atoms with Crippen molar-refractivity contribution in [3.63, 3.8) is 0 Å². The van der Waals surface area contributed by atoms with Crippen molar-refractivity contribution in [2.45, 2.75) is 25.3 Å². The Bertz CT molecular complexity index is 265. The standard InChI is InChI=1S/C9H15NO6/c1-16-4-2-3-7(11)10-6(9(14)15)5-8(12)13/h6H,2-5H2,1H3,(H,10,11)(H,12,13)(H,14,15)/t6-/m1/s1. The van der Waals surface area contributed by atoms with Crippen molar-refractivity contribution in [3.8, 4) is 0 Å². The molecule has 0 aliphatic heterocycles. The molecule has 0 bridgehead atoms. The average Bonchev–Trinajstić information content (AvgIpc) is 2.16. The van der Waals surface area contributed by atoms with E-state index in [4.69, 9.17) is 14.9 Å². The highest BCUT2D eigenvalue weighted by molar-refractivity contribution is 5.86. The Kier molecular flexibility index (Phi) is 6.86. The fourth-order valence-electron chi connectivity index (χ4n) is 1.02. The number of rotatable bonds is 8. The molecule has 0 fully saturated rings. The van der Waals surface area contributed by atoms with Gasteiger partial charge in [-0.1, -0.05) is 0 Å². The SMILES string of the molecule is COCCCC(=O)N[C@H](CC(=O)O)C(=O)O. The molecule has 0 aliphatic carbocycles. The van der Waals surface area contributed by atoms with E-state index in [1.165, 1.54) is 7.11 Å². The number of carboxylic acids is 2. The van der Waals surface area contributed by atoms with E-state index in [0.29, 0.717) is 13.0 Å². The molecular formula is C9H15NO6. The minimum atomic E-state index is -1.38. The molecule has 3 N–H and O–H groups in total. The minimum Gasteiger partial charge on any atom is -0.481 e. The molecule has 1 atom stereocenters. The quantitative estimate of drug-likeness (QED) is 0.485. The van der Waals surface area contributed by atoms with Crippen molar-refractivity contribution in [3.05, 3.63) is 0 Å². The van der Waals surface area contributed by atoms with Crippen molar-refractivity contribution >= 4 is 17.8 Å². The fourth-order valence-corrected chi connectivity index (χ4v) is 1.02. The molecule has 7 heteroatoms. The van der Waals surface area contributed by atoms with Crippen LogP contribution in [0.25, 0.3) is 0 Å². The first-order chi connectivity index (χ1) is 7.47. The summed E-state index contributed by atoms with van der Waals surface area (Å²) in [5.41, 5.74) is 0. The Morgan fingerprint density at radius 2 is 1.94 bits per heavy atom. The fraction of sp³-hybridized carbons (Fsp3) is 0.667. The van der Waals surface area contributed by atoms with Gasteiger partial charge in [0.1, 0.15) is 6.04 Å². The van der Waals surface area contributed by atoms with Crippen LogP contribution in [0.3, 0.4) is 0 Å². The highest BCUT2D eigenvalue weighted by Crippen LogP contribution is 1.96. The zero-order valence-corrected chi connectivity index (χ0v) is 8.93. The predicted molar refractivity (Wildman–Crippen MR) is 52.9 cm³/mol. The van der Waals surface area contributed by atoms with Crippen LogP contribution < -0.4 is 5.32 Å². The minimum absolute atomic E-state index is 0.108. The van der Waals surface area contributed by atoms with Gasteiger partial charge in [-0.2, -0.15) is 0 Å². The molecule has 0 aliphatic rings. The number of nitrogens with one attached hydrogen (secondary N) is 1. The van der Waals surface area contributed by atoms with Gasteiger partial charge in [0.2, 0.25) is 5.91 Å². The van der Waals surface area contributed by atoms with E-state index in [-0.39, 0.29) is 6.42 Å². The number of carbonyl (C=O) groups excluding carboxylic acids is 1. The van der Waals surface area contributed by atoms with Crippen LogP contribution in [0.5, 0.6) is 0 Å². The molecule has 92 valence electrons. The molecule has 0 saturated heterocycles. The Hall–Kier alpha value is -1.63. The Labute approximate surface area is 92.4 Å². The third-order valence-electron chi connectivity index (χ3n) is 1.76. The van der Waals surface area contributed by atoms with Gasteiger partial charge in [-0.05, 0) is 6.42 Å². The Morgan fingerprint density at radius 1 is 1.31 bits per heavy atom. The van der Waals surface area contributed by atoms with Crippen molar-refractivity contribution in [1.29, 1.82) is 0 Å². The monoisotopic (exact) mass is 233 g/mol. The summed E-state index contributed by atoms with van der Waals surface area (Å²) < 4.78 is 4.72. The summed E-state index contributed by atoms with van der Waals surface area (Å²) in [6.45, 7) is 0.393. The summed E-state index contributed by atoms with van der Waals surface area (Å²) in [4.78, 5) is 32.1. The summed E-state index contributed by atoms with van der Waals surface area (Å²) in [5.74, 6) is -3.13. The number of carboxylic acid groups (broad SMARTS) is 2. The molecule has 0 rings (SSSR count). The van der Waals surface area contributed by atoms with Gasteiger partial charge in [0.15, 0.2) is 0 Å². The second kappa shape index (κ2) is 7.63. The van der Waals surface area contributed by atoms with Gasteiger partial charge in [-0.3, -0.25) is 9.59 Å². The highest BCUT2D eigenvalue weighted by atomic mass is 16.5. The average molecular weight is 233 g/mol. The van der Waals surface area contributed by atoms with Crippen molar-refractivity contribution in [1.82, 2.24) is 5.32 Å². The maximum Gasteiger partial charge on any atom is 0.326 e. The van der Waals surface area contributed by atoms with Gasteiger partial charge in [-0.15, -0.1) is 0 Å². The van der Waals surface area contributed by atoms with Crippen LogP contribution in [0.1, 0.15) is 19.3 Å². The third kappa shape index (κ3) is 6.77. The first-order valence-electron chi connectivity index (χ1n) is 4.70. The van der Waals surface area contributed by atoms with Gasteiger partial charge < -0.3 is 20.3 Å². The predicted octanol–water partition coefficient (Wildman–Crippen LogP) is -0.543. The van der Waals surface area contributed by atoms with E-state index in [1.807, 2.05) is 0 Å². The number of hydrogen-bond acceptors (Lipinski definition) is 4. The molecule has 0 radical (unpaired) electrons. The topological polar surface area (TPSA) is 113 Å². The lowest BCUT2D eigenvalue weighted by molar-refractivity contribution is -0.147. The summed E-state index contributed by atoms with van der Waals surface area (Å²) in [6, 6.07) is -1.38. The molecular weight excluding hydrogens is 218 g/mol. The van der Waals surface area contributed by atoms with Crippen molar-refractivity contribution < 1.29 is 29.3 Å². The van der Waals surface area contributed by atoms with Gasteiger partial charge in [0.05, 0.1) is 6.42 Å². The third-order valence-corrected chi connectivity index (χ3v) is 1.76. The summed E-state index contributed by atoms with van der Waals surface area (Å²) in [6.07, 6.45) is -0.0651. The van der Waals surface area contributed by atoms with Crippen molar-refractivity contribution in [2.24, 2.45) is 0 Å². The molecule has 16 heavy (non-hydrogen) atoms. The second-order valence-corrected chi connectivity index (χ2v) is 3.15. The maximum absolute atomic E-state index is 11.2. The Morgan fingerprint density at radius 3 is 2.38 bits per heavy atom. The molecule has 0 saturated carbocycles. The molecule has 0 aromatic heterocycles. The van der Waals surface area contributed by atoms with Crippen LogP contribution in [0.15, 0.2) is 0 Å². The van der Waals surface area contributed by atoms with Gasteiger partial charge >= 0.3 is 11.9 Å². The smallest absolute Gasteiger partial charge is 0.326 e. The van der Waals surface area contributed by atoms with Crippen LogP contribution in [-0.2, 0) is 19.1 Å². The van der Waals surface area contributed by atoms with E-state index in [2.05, 4.69) is 5.32 Å². The van der Waals surface area contributed by atoms with Gasteiger partial charge in [0, 0.05) is 20.1 Å². The summed E-state index contributed by atoms with van der Waals surface area (Å²) >= 11 is 0. The first-order valence-corrected chi connectivity index (χ1v) is 4.70. The highest BCUT2D eigenvalue weighted by Gasteiger charge is 2.22. The van der Waals surface area contributed by atoms with Gasteiger partial charge in [0.25, 0.3) is 0 Å². The number of methoxy groups -OCH3 is 1. The van der Waals surface area contributed by atoms with Crippen molar-refractivity contribution in [2.75, 3.05) is 13.7 Å². The lowest BCUT2D eigenvalue weighted by atomic mass is 10.2. The molecule has 0 unspecified atom stereocenters. The largest absolute Gasteiger partial charge is 0.481 e. The molecule has 1 amide bonds. The number of hydrogen-bond donors (Lipinski definition) is 3. The van der Waals surface area contributed by atoms with Crippen LogP contribution in [0.4, 0.5) is 0 Å². The number of amides is 1. The molecule has 0 spiro atoms. The molecule has 0 heterocycles. The summed E-state index contributed by atoms with van der Waals surface area (Å²) in [5, 5.41) is 19.2. The second-order valence-electron chi connectivity index (χ2n) is 3.15. The van der Waals surface area contributed by atoms with Crippen LogP contribution >= 0.6 is 0 Å². The number of ether oxygens (including phenoxy) is 1.